The van der Waals surface area contributed by atoms with E-state index >= 15 is 0 Å². The SMILES string of the molecule is CCC1(Nc2cc(NN)nc(SC)n2)CCC1. The van der Waals surface area contributed by atoms with Crippen molar-refractivity contribution in [3.8, 4) is 0 Å². The predicted molar refractivity (Wildman–Crippen MR) is 72.1 cm³/mol. The van der Waals surface area contributed by atoms with Gasteiger partial charge in [0.15, 0.2) is 5.16 Å². The summed E-state index contributed by atoms with van der Waals surface area (Å²) in [7, 11) is 0. The van der Waals surface area contributed by atoms with Gasteiger partial charge in [0, 0.05) is 11.6 Å². The second-order valence-electron chi connectivity index (χ2n) is 4.38. The zero-order valence-corrected chi connectivity index (χ0v) is 11.1. The van der Waals surface area contributed by atoms with E-state index in [-0.39, 0.29) is 5.54 Å². The molecule has 17 heavy (non-hydrogen) atoms. The first kappa shape index (κ1) is 12.4. The lowest BCUT2D eigenvalue weighted by molar-refractivity contribution is 0.268. The molecule has 2 rings (SSSR count). The predicted octanol–water partition coefficient (Wildman–Crippen LogP) is 2.23. The maximum absolute atomic E-state index is 5.41. The first-order chi connectivity index (χ1) is 8.21. The molecule has 0 aliphatic heterocycles. The van der Waals surface area contributed by atoms with Crippen molar-refractivity contribution in [2.45, 2.75) is 43.3 Å². The van der Waals surface area contributed by atoms with Crippen LogP contribution in [0.2, 0.25) is 0 Å². The summed E-state index contributed by atoms with van der Waals surface area (Å²) in [6.45, 7) is 2.21. The quantitative estimate of drug-likeness (QED) is 0.323. The third-order valence-electron chi connectivity index (χ3n) is 3.42. The summed E-state index contributed by atoms with van der Waals surface area (Å²) in [5.74, 6) is 6.92. The first-order valence-corrected chi connectivity index (χ1v) is 7.12. The summed E-state index contributed by atoms with van der Waals surface area (Å²) < 4.78 is 0. The maximum atomic E-state index is 5.41. The molecule has 1 saturated carbocycles. The summed E-state index contributed by atoms with van der Waals surface area (Å²) in [4.78, 5) is 8.71. The van der Waals surface area contributed by atoms with Gasteiger partial charge in [-0.2, -0.15) is 0 Å². The average molecular weight is 253 g/mol. The van der Waals surface area contributed by atoms with Crippen LogP contribution in [0, 0.1) is 0 Å². The number of hydrogen-bond donors (Lipinski definition) is 3. The van der Waals surface area contributed by atoms with Crippen LogP contribution in [-0.2, 0) is 0 Å². The molecule has 5 nitrogen and oxygen atoms in total. The lowest BCUT2D eigenvalue weighted by Crippen LogP contribution is -2.44. The van der Waals surface area contributed by atoms with Gasteiger partial charge in [-0.3, -0.25) is 0 Å². The Morgan fingerprint density at radius 2 is 2.12 bits per heavy atom. The van der Waals surface area contributed by atoms with Crippen LogP contribution in [0.25, 0.3) is 0 Å². The Bertz CT molecular complexity index is 364. The van der Waals surface area contributed by atoms with E-state index in [0.29, 0.717) is 5.82 Å². The number of hydrazine groups is 1. The van der Waals surface area contributed by atoms with Gasteiger partial charge in [-0.15, -0.1) is 0 Å². The van der Waals surface area contributed by atoms with E-state index in [4.69, 9.17) is 5.84 Å². The van der Waals surface area contributed by atoms with Gasteiger partial charge in [0.1, 0.15) is 11.6 Å². The van der Waals surface area contributed by atoms with E-state index in [9.17, 15) is 0 Å². The summed E-state index contributed by atoms with van der Waals surface area (Å²) in [5, 5.41) is 4.26. The van der Waals surface area contributed by atoms with Gasteiger partial charge < -0.3 is 10.7 Å². The van der Waals surface area contributed by atoms with Gasteiger partial charge in [0.05, 0.1) is 0 Å². The molecule has 0 bridgehead atoms. The van der Waals surface area contributed by atoms with Crippen molar-refractivity contribution in [2.24, 2.45) is 5.84 Å². The molecule has 94 valence electrons. The highest BCUT2D eigenvalue weighted by Crippen LogP contribution is 2.37. The van der Waals surface area contributed by atoms with Crippen molar-refractivity contribution >= 4 is 23.4 Å². The van der Waals surface area contributed by atoms with E-state index in [1.807, 2.05) is 12.3 Å². The van der Waals surface area contributed by atoms with Crippen molar-refractivity contribution in [1.29, 1.82) is 0 Å². The van der Waals surface area contributed by atoms with E-state index in [1.165, 1.54) is 31.0 Å². The average Bonchev–Trinajstić information content (AvgIpc) is 2.33. The Kier molecular flexibility index (Phi) is 3.73. The molecule has 0 spiro atoms. The third-order valence-corrected chi connectivity index (χ3v) is 3.96. The molecule has 0 radical (unpaired) electrons. The molecule has 1 aliphatic carbocycles. The van der Waals surface area contributed by atoms with Crippen molar-refractivity contribution in [2.75, 3.05) is 17.0 Å². The Morgan fingerprint density at radius 1 is 1.41 bits per heavy atom. The molecular formula is C11H19N5S. The lowest BCUT2D eigenvalue weighted by atomic mass is 9.75. The fraction of sp³-hybridized carbons (Fsp3) is 0.636. The second kappa shape index (κ2) is 5.10. The number of anilines is 2. The molecule has 1 aliphatic rings. The van der Waals surface area contributed by atoms with Crippen LogP contribution in [0.1, 0.15) is 32.6 Å². The van der Waals surface area contributed by atoms with E-state index < -0.39 is 0 Å². The van der Waals surface area contributed by atoms with Crippen molar-refractivity contribution < 1.29 is 0 Å². The third kappa shape index (κ3) is 2.63. The molecule has 1 fully saturated rings. The van der Waals surface area contributed by atoms with Gasteiger partial charge >= 0.3 is 0 Å². The number of thioether (sulfide) groups is 1. The van der Waals surface area contributed by atoms with Gasteiger partial charge in [0.2, 0.25) is 0 Å². The molecule has 1 heterocycles. The molecule has 6 heteroatoms. The number of nitrogens with two attached hydrogens (primary N) is 1. The number of hydrogen-bond acceptors (Lipinski definition) is 6. The number of nitrogens with one attached hydrogen (secondary N) is 2. The Labute approximate surface area is 106 Å². The molecule has 0 unspecified atom stereocenters. The van der Waals surface area contributed by atoms with E-state index in [1.54, 1.807) is 0 Å². The highest BCUT2D eigenvalue weighted by Gasteiger charge is 2.35. The molecular weight excluding hydrogens is 234 g/mol. The standard InChI is InChI=1S/C11H19N5S/c1-3-11(5-4-6-11)15-8-7-9(16-12)14-10(13-8)17-2/h7H,3-6,12H2,1-2H3,(H2,13,14,15,16). The number of aromatic nitrogens is 2. The first-order valence-electron chi connectivity index (χ1n) is 5.89. The largest absolute Gasteiger partial charge is 0.364 e. The molecule has 0 atom stereocenters. The van der Waals surface area contributed by atoms with Crippen molar-refractivity contribution in [3.63, 3.8) is 0 Å². The van der Waals surface area contributed by atoms with E-state index in [2.05, 4.69) is 27.6 Å². The van der Waals surface area contributed by atoms with Crippen LogP contribution in [0.15, 0.2) is 11.2 Å². The fourth-order valence-electron chi connectivity index (χ4n) is 2.10. The molecule has 0 aromatic carbocycles. The normalized spacial score (nSPS) is 17.4. The van der Waals surface area contributed by atoms with Crippen LogP contribution in [-0.4, -0.2) is 21.8 Å². The van der Waals surface area contributed by atoms with Crippen LogP contribution in [0.4, 0.5) is 11.6 Å². The second-order valence-corrected chi connectivity index (χ2v) is 5.16. The smallest absolute Gasteiger partial charge is 0.191 e. The molecule has 1 aromatic heterocycles. The van der Waals surface area contributed by atoms with Gasteiger partial charge in [0.25, 0.3) is 0 Å². The van der Waals surface area contributed by atoms with Gasteiger partial charge in [-0.1, -0.05) is 18.7 Å². The highest BCUT2D eigenvalue weighted by molar-refractivity contribution is 7.98. The Balaban J connectivity index is 2.19. The van der Waals surface area contributed by atoms with E-state index in [0.717, 1.165) is 17.4 Å². The minimum atomic E-state index is 0.232. The number of rotatable bonds is 5. The number of nitrogen functional groups attached to an aromatic ring is 1. The summed E-state index contributed by atoms with van der Waals surface area (Å²) in [5.41, 5.74) is 2.81. The van der Waals surface area contributed by atoms with Gasteiger partial charge in [-0.05, 0) is 31.9 Å². The lowest BCUT2D eigenvalue weighted by Gasteiger charge is -2.42. The molecule has 1 aromatic rings. The molecule has 0 saturated heterocycles. The number of nitrogens with zero attached hydrogens (tertiary/aromatic N) is 2. The van der Waals surface area contributed by atoms with Crippen LogP contribution < -0.4 is 16.6 Å². The summed E-state index contributed by atoms with van der Waals surface area (Å²) in [6, 6.07) is 1.86. The van der Waals surface area contributed by atoms with Crippen molar-refractivity contribution in [3.05, 3.63) is 6.07 Å². The fourth-order valence-corrected chi connectivity index (χ4v) is 2.48. The monoisotopic (exact) mass is 253 g/mol. The zero-order valence-electron chi connectivity index (χ0n) is 10.3. The maximum Gasteiger partial charge on any atom is 0.191 e. The van der Waals surface area contributed by atoms with Crippen LogP contribution >= 0.6 is 11.8 Å². The van der Waals surface area contributed by atoms with Crippen LogP contribution in [0.3, 0.4) is 0 Å². The summed E-state index contributed by atoms with van der Waals surface area (Å²) in [6.07, 6.45) is 6.81. The summed E-state index contributed by atoms with van der Waals surface area (Å²) >= 11 is 1.51. The van der Waals surface area contributed by atoms with Crippen molar-refractivity contribution in [1.82, 2.24) is 9.97 Å². The topological polar surface area (TPSA) is 75.9 Å². The van der Waals surface area contributed by atoms with Gasteiger partial charge in [-0.25, -0.2) is 15.8 Å². The minimum Gasteiger partial charge on any atom is -0.364 e. The zero-order chi connectivity index (χ0) is 12.3. The highest BCUT2D eigenvalue weighted by atomic mass is 32.2. The van der Waals surface area contributed by atoms with Crippen LogP contribution in [0.5, 0.6) is 0 Å². The minimum absolute atomic E-state index is 0.232. The molecule has 0 amide bonds. The molecule has 4 N–H and O–H groups in total. The Hall–Kier alpha value is -1.01. The Morgan fingerprint density at radius 3 is 2.59 bits per heavy atom.